The fourth-order valence-corrected chi connectivity index (χ4v) is 2.45. The first-order chi connectivity index (χ1) is 9.58. The summed E-state index contributed by atoms with van der Waals surface area (Å²) in [6.07, 6.45) is 7.32. The van der Waals surface area contributed by atoms with Crippen LogP contribution in [0.3, 0.4) is 0 Å². The Morgan fingerprint density at radius 2 is 2.20 bits per heavy atom. The van der Waals surface area contributed by atoms with Crippen molar-refractivity contribution < 1.29 is 0 Å². The zero-order valence-corrected chi connectivity index (χ0v) is 13.4. The summed E-state index contributed by atoms with van der Waals surface area (Å²) in [7, 11) is 0. The lowest BCUT2D eigenvalue weighted by molar-refractivity contribution is 0.733. The van der Waals surface area contributed by atoms with Crippen molar-refractivity contribution in [2.75, 3.05) is 5.73 Å². The second-order valence-corrected chi connectivity index (χ2v) is 5.62. The summed E-state index contributed by atoms with van der Waals surface area (Å²) in [5, 5.41) is 0. The number of nitrogens with zero attached hydrogens (tertiary/aromatic N) is 2. The monoisotopic (exact) mass is 331 g/mol. The Balaban J connectivity index is 2.54. The van der Waals surface area contributed by atoms with Crippen LogP contribution in [-0.2, 0) is 13.0 Å². The lowest BCUT2D eigenvalue weighted by atomic mass is 10.1. The van der Waals surface area contributed by atoms with Crippen LogP contribution in [0.15, 0.2) is 22.7 Å². The number of imidazole rings is 1. The smallest absolute Gasteiger partial charge is 0.132 e. The maximum atomic E-state index is 6.23. The van der Waals surface area contributed by atoms with Crippen LogP contribution in [0.2, 0.25) is 0 Å². The van der Waals surface area contributed by atoms with Gasteiger partial charge in [0.2, 0.25) is 0 Å². The third kappa shape index (κ3) is 2.73. The number of nitrogens with two attached hydrogens (primary N) is 1. The molecule has 0 fully saturated rings. The van der Waals surface area contributed by atoms with E-state index < -0.39 is 0 Å². The van der Waals surface area contributed by atoms with Gasteiger partial charge in [0, 0.05) is 16.5 Å². The molecule has 4 heteroatoms. The molecule has 2 rings (SSSR count). The van der Waals surface area contributed by atoms with Gasteiger partial charge in [-0.2, -0.15) is 0 Å². The molecule has 0 atom stereocenters. The second kappa shape index (κ2) is 6.15. The van der Waals surface area contributed by atoms with E-state index in [1.54, 1.807) is 0 Å². The molecule has 0 amide bonds. The summed E-state index contributed by atoms with van der Waals surface area (Å²) < 4.78 is 3.01. The number of nitrogen functional groups attached to an aromatic ring is 1. The predicted molar refractivity (Wildman–Crippen MR) is 87.3 cm³/mol. The second-order valence-electron chi connectivity index (χ2n) is 4.77. The lowest BCUT2D eigenvalue weighted by Crippen LogP contribution is -2.06. The van der Waals surface area contributed by atoms with E-state index in [1.165, 1.54) is 0 Å². The Morgan fingerprint density at radius 3 is 2.80 bits per heavy atom. The Labute approximate surface area is 128 Å². The molecule has 0 radical (unpaired) electrons. The number of anilines is 1. The van der Waals surface area contributed by atoms with Crippen LogP contribution >= 0.6 is 15.9 Å². The van der Waals surface area contributed by atoms with Gasteiger partial charge in [0.05, 0.1) is 6.54 Å². The summed E-state index contributed by atoms with van der Waals surface area (Å²) in [6.45, 7) is 4.63. The minimum Gasteiger partial charge on any atom is -0.383 e. The normalized spacial score (nSPS) is 10.5. The Bertz CT molecular complexity index is 665. The molecule has 104 valence electrons. The van der Waals surface area contributed by atoms with E-state index >= 15 is 0 Å². The molecule has 0 aliphatic heterocycles. The van der Waals surface area contributed by atoms with Gasteiger partial charge in [0.15, 0.2) is 0 Å². The fraction of sp³-hybridized carbons (Fsp3) is 0.312. The topological polar surface area (TPSA) is 43.8 Å². The summed E-state index contributed by atoms with van der Waals surface area (Å²) in [5.41, 5.74) is 9.23. The molecule has 1 aromatic carbocycles. The van der Waals surface area contributed by atoms with Crippen LogP contribution in [-0.4, -0.2) is 9.55 Å². The molecule has 1 aromatic heterocycles. The molecule has 0 saturated carbocycles. The van der Waals surface area contributed by atoms with Crippen molar-refractivity contribution in [2.45, 2.75) is 33.2 Å². The molecule has 0 aliphatic rings. The first-order valence-electron chi connectivity index (χ1n) is 6.63. The van der Waals surface area contributed by atoms with E-state index in [1.807, 2.05) is 16.7 Å². The Kier molecular flexibility index (Phi) is 4.51. The number of aryl methyl sites for hydroxylation is 2. The van der Waals surface area contributed by atoms with Crippen LogP contribution in [0.4, 0.5) is 5.82 Å². The van der Waals surface area contributed by atoms with Gasteiger partial charge in [-0.3, -0.25) is 0 Å². The quantitative estimate of drug-likeness (QED) is 0.866. The molecular weight excluding hydrogens is 314 g/mol. The summed E-state index contributed by atoms with van der Waals surface area (Å²) in [4.78, 5) is 4.69. The van der Waals surface area contributed by atoms with Gasteiger partial charge in [-0.1, -0.05) is 34.8 Å². The molecule has 2 aromatic rings. The van der Waals surface area contributed by atoms with Gasteiger partial charge in [-0.15, -0.1) is 6.42 Å². The van der Waals surface area contributed by atoms with Crippen molar-refractivity contribution >= 4 is 21.7 Å². The highest BCUT2D eigenvalue weighted by Crippen LogP contribution is 2.29. The highest BCUT2D eigenvalue weighted by molar-refractivity contribution is 9.10. The number of halogens is 1. The zero-order valence-electron chi connectivity index (χ0n) is 11.8. The van der Waals surface area contributed by atoms with Gasteiger partial charge >= 0.3 is 0 Å². The number of hydrogen-bond acceptors (Lipinski definition) is 2. The summed E-state index contributed by atoms with van der Waals surface area (Å²) in [6, 6.07) is 6.12. The average molecular weight is 332 g/mol. The van der Waals surface area contributed by atoms with Crippen molar-refractivity contribution in [2.24, 2.45) is 0 Å². The molecule has 3 nitrogen and oxygen atoms in total. The highest BCUT2D eigenvalue weighted by Gasteiger charge is 2.15. The maximum Gasteiger partial charge on any atom is 0.132 e. The van der Waals surface area contributed by atoms with Gasteiger partial charge in [0.25, 0.3) is 0 Å². The van der Waals surface area contributed by atoms with Crippen molar-refractivity contribution in [1.29, 1.82) is 0 Å². The third-order valence-corrected chi connectivity index (χ3v) is 4.13. The van der Waals surface area contributed by atoms with Crippen molar-refractivity contribution in [3.63, 3.8) is 0 Å². The third-order valence-electron chi connectivity index (χ3n) is 3.24. The van der Waals surface area contributed by atoms with E-state index in [0.717, 1.165) is 40.0 Å². The molecular formula is C16H18BrN3. The summed E-state index contributed by atoms with van der Waals surface area (Å²) in [5.74, 6) is 4.25. The van der Waals surface area contributed by atoms with Crippen LogP contribution < -0.4 is 5.73 Å². The highest BCUT2D eigenvalue weighted by atomic mass is 79.9. The Hall–Kier alpha value is -1.73. The van der Waals surface area contributed by atoms with Gasteiger partial charge in [0.1, 0.15) is 17.3 Å². The largest absolute Gasteiger partial charge is 0.383 e. The fourth-order valence-electron chi connectivity index (χ4n) is 2.20. The Morgan fingerprint density at radius 1 is 1.45 bits per heavy atom. The number of aromatic nitrogens is 2. The summed E-state index contributed by atoms with van der Waals surface area (Å²) >= 11 is 3.51. The lowest BCUT2D eigenvalue weighted by Gasteiger charge is -2.05. The first-order valence-corrected chi connectivity index (χ1v) is 7.42. The van der Waals surface area contributed by atoms with E-state index in [9.17, 15) is 0 Å². The molecule has 0 unspecified atom stereocenters. The molecule has 0 spiro atoms. The van der Waals surface area contributed by atoms with E-state index in [2.05, 4.69) is 46.7 Å². The predicted octanol–water partition coefficient (Wildman–Crippen LogP) is 3.79. The number of benzene rings is 1. The van der Waals surface area contributed by atoms with Crippen LogP contribution in [0.25, 0.3) is 11.3 Å². The number of terminal acetylenes is 1. The molecule has 0 aliphatic carbocycles. The number of rotatable bonds is 4. The van der Waals surface area contributed by atoms with Crippen LogP contribution in [0, 0.1) is 19.3 Å². The number of hydrogen-bond donors (Lipinski definition) is 1. The minimum absolute atomic E-state index is 0.462. The standard InChI is InChI=1S/C16H18BrN3/c1-4-6-14-19-15(16(18)20(14)9-5-2)12-7-8-13(17)11(3)10-12/h2,7-8,10H,4,6,9,18H2,1,3H3. The van der Waals surface area contributed by atoms with E-state index in [4.69, 9.17) is 12.2 Å². The van der Waals surface area contributed by atoms with Crippen LogP contribution in [0.1, 0.15) is 24.7 Å². The molecule has 0 saturated heterocycles. The molecule has 2 N–H and O–H groups in total. The minimum atomic E-state index is 0.462. The SMILES string of the molecule is C#CCn1c(CCC)nc(-c2ccc(Br)c(C)c2)c1N. The van der Waals surface area contributed by atoms with Gasteiger partial charge in [-0.05, 0) is 31.0 Å². The van der Waals surface area contributed by atoms with Crippen molar-refractivity contribution in [3.8, 4) is 23.6 Å². The van der Waals surface area contributed by atoms with Crippen molar-refractivity contribution in [1.82, 2.24) is 9.55 Å². The molecule has 1 heterocycles. The van der Waals surface area contributed by atoms with E-state index in [-0.39, 0.29) is 0 Å². The van der Waals surface area contributed by atoms with E-state index in [0.29, 0.717) is 12.4 Å². The van der Waals surface area contributed by atoms with Gasteiger partial charge < -0.3 is 10.3 Å². The average Bonchev–Trinajstić information content (AvgIpc) is 2.72. The van der Waals surface area contributed by atoms with Gasteiger partial charge in [-0.25, -0.2) is 4.98 Å². The van der Waals surface area contributed by atoms with Crippen LogP contribution in [0.5, 0.6) is 0 Å². The maximum absolute atomic E-state index is 6.23. The molecule has 20 heavy (non-hydrogen) atoms. The molecule has 0 bridgehead atoms. The zero-order chi connectivity index (χ0) is 14.7. The first kappa shape index (κ1) is 14.7. The van der Waals surface area contributed by atoms with Crippen molar-refractivity contribution in [3.05, 3.63) is 34.1 Å².